The Morgan fingerprint density at radius 3 is 2.89 bits per heavy atom. The Bertz CT molecular complexity index is 733. The third-order valence-corrected chi connectivity index (χ3v) is 7.89. The summed E-state index contributed by atoms with van der Waals surface area (Å²) in [6, 6.07) is 6.09. The molecule has 1 N–H and O–H groups in total. The number of piperidine rings is 1. The van der Waals surface area contributed by atoms with Crippen molar-refractivity contribution in [3.63, 3.8) is 0 Å². The first-order valence-corrected chi connectivity index (χ1v) is 10.8. The number of nitrogens with zero attached hydrogens (tertiary/aromatic N) is 3. The van der Waals surface area contributed by atoms with Gasteiger partial charge in [0.1, 0.15) is 5.82 Å². The summed E-state index contributed by atoms with van der Waals surface area (Å²) in [5.41, 5.74) is -0.257. The second kappa shape index (κ2) is 6.70. The molecule has 0 saturated carbocycles. The minimum atomic E-state index is -0.224. The zero-order chi connectivity index (χ0) is 19.4. The maximum absolute atomic E-state index is 13.0. The van der Waals surface area contributed by atoms with Crippen molar-refractivity contribution in [2.24, 2.45) is 17.3 Å². The molecule has 0 unspecified atom stereocenters. The van der Waals surface area contributed by atoms with Crippen LogP contribution < -0.4 is 10.2 Å². The standard InChI is InChI=1S/C22H32N4O2/c1-21(8-11-25(2)12-9-21)20(27)24-13-16-17-14-26(19-5-3-4-10-23-19)15-22(17)7-6-18(16)28-22/h3-5,10,16-18H,6-9,11-15H2,1-2H3,(H,24,27)/t16-,17+,18+,22+/m0/s1. The molecule has 0 aliphatic carbocycles. The monoisotopic (exact) mass is 384 g/mol. The van der Waals surface area contributed by atoms with Gasteiger partial charge in [-0.3, -0.25) is 4.79 Å². The number of pyridine rings is 1. The number of hydrogen-bond acceptors (Lipinski definition) is 5. The summed E-state index contributed by atoms with van der Waals surface area (Å²) in [6.45, 7) is 6.80. The van der Waals surface area contributed by atoms with Gasteiger partial charge in [-0.05, 0) is 58.0 Å². The third kappa shape index (κ3) is 2.92. The normalized spacial score (nSPS) is 36.5. The van der Waals surface area contributed by atoms with E-state index in [1.165, 1.54) is 0 Å². The van der Waals surface area contributed by atoms with Crippen LogP contribution in [-0.4, -0.2) is 67.3 Å². The number of amides is 1. The van der Waals surface area contributed by atoms with E-state index in [-0.39, 0.29) is 16.9 Å². The molecule has 6 heteroatoms. The van der Waals surface area contributed by atoms with Gasteiger partial charge in [-0.2, -0.15) is 0 Å². The summed E-state index contributed by atoms with van der Waals surface area (Å²) in [6.07, 6.45) is 6.32. The topological polar surface area (TPSA) is 57.7 Å². The molecule has 1 aromatic rings. The number of fused-ring (bicyclic) bond motifs is 1. The maximum atomic E-state index is 13.0. The van der Waals surface area contributed by atoms with E-state index in [1.54, 1.807) is 0 Å². The molecule has 152 valence electrons. The Kier molecular flexibility index (Phi) is 4.40. The van der Waals surface area contributed by atoms with Crippen molar-refractivity contribution in [3.05, 3.63) is 24.4 Å². The van der Waals surface area contributed by atoms with E-state index in [0.717, 1.165) is 64.2 Å². The van der Waals surface area contributed by atoms with E-state index in [2.05, 4.69) is 40.1 Å². The molecule has 4 aliphatic heterocycles. The van der Waals surface area contributed by atoms with Crippen LogP contribution in [0.25, 0.3) is 0 Å². The lowest BCUT2D eigenvalue weighted by atomic mass is 9.73. The number of ether oxygens (including phenoxy) is 1. The summed E-state index contributed by atoms with van der Waals surface area (Å²) in [7, 11) is 2.14. The average molecular weight is 385 g/mol. The summed E-state index contributed by atoms with van der Waals surface area (Å²) < 4.78 is 6.54. The van der Waals surface area contributed by atoms with Crippen molar-refractivity contribution in [1.82, 2.24) is 15.2 Å². The van der Waals surface area contributed by atoms with E-state index < -0.39 is 0 Å². The van der Waals surface area contributed by atoms with Gasteiger partial charge < -0.3 is 19.9 Å². The van der Waals surface area contributed by atoms with Gasteiger partial charge in [0.15, 0.2) is 0 Å². The zero-order valence-electron chi connectivity index (χ0n) is 17.1. The predicted octanol–water partition coefficient (Wildman–Crippen LogP) is 1.91. The summed E-state index contributed by atoms with van der Waals surface area (Å²) in [4.78, 5) is 22.2. The maximum Gasteiger partial charge on any atom is 0.226 e. The highest BCUT2D eigenvalue weighted by atomic mass is 16.5. The Balaban J connectivity index is 1.25. The number of carbonyl (C=O) groups is 1. The van der Waals surface area contributed by atoms with Crippen LogP contribution in [-0.2, 0) is 9.53 Å². The molecule has 4 fully saturated rings. The number of rotatable bonds is 4. The van der Waals surface area contributed by atoms with Gasteiger partial charge in [0.05, 0.1) is 11.7 Å². The van der Waals surface area contributed by atoms with Gasteiger partial charge >= 0.3 is 0 Å². The molecular formula is C22H32N4O2. The molecule has 4 atom stereocenters. The van der Waals surface area contributed by atoms with E-state index in [1.807, 2.05) is 18.3 Å². The van der Waals surface area contributed by atoms with Crippen LogP contribution in [0.5, 0.6) is 0 Å². The number of likely N-dealkylation sites (tertiary alicyclic amines) is 1. The lowest BCUT2D eigenvalue weighted by molar-refractivity contribution is -0.132. The Hall–Kier alpha value is -1.66. The number of nitrogens with one attached hydrogen (secondary N) is 1. The van der Waals surface area contributed by atoms with Crippen molar-refractivity contribution in [2.75, 3.05) is 44.7 Å². The minimum absolute atomic E-state index is 0.0327. The first-order valence-electron chi connectivity index (χ1n) is 10.8. The van der Waals surface area contributed by atoms with Crippen LogP contribution in [0.2, 0.25) is 0 Å². The smallest absolute Gasteiger partial charge is 0.226 e. The van der Waals surface area contributed by atoms with Crippen LogP contribution in [0.15, 0.2) is 24.4 Å². The third-order valence-electron chi connectivity index (χ3n) is 7.89. The first-order chi connectivity index (χ1) is 13.5. The molecule has 1 spiro atoms. The fraction of sp³-hybridized carbons (Fsp3) is 0.727. The second-order valence-corrected chi connectivity index (χ2v) is 9.67. The van der Waals surface area contributed by atoms with Gasteiger partial charge in [0, 0.05) is 43.1 Å². The lowest BCUT2D eigenvalue weighted by Crippen LogP contribution is -2.49. The molecule has 2 bridgehead atoms. The summed E-state index contributed by atoms with van der Waals surface area (Å²) >= 11 is 0. The molecule has 4 aliphatic rings. The first kappa shape index (κ1) is 18.4. The SMILES string of the molecule is CN1CCC(C)(C(=O)NC[C@H]2[C@H]3CN(c4ccccn4)C[C@]34CC[C@H]2O4)CC1. The lowest BCUT2D eigenvalue weighted by Gasteiger charge is -2.37. The van der Waals surface area contributed by atoms with Crippen molar-refractivity contribution >= 4 is 11.7 Å². The highest BCUT2D eigenvalue weighted by molar-refractivity contribution is 5.82. The quantitative estimate of drug-likeness (QED) is 0.859. The molecule has 28 heavy (non-hydrogen) atoms. The Morgan fingerprint density at radius 2 is 2.14 bits per heavy atom. The largest absolute Gasteiger partial charge is 0.369 e. The Morgan fingerprint density at radius 1 is 1.32 bits per heavy atom. The van der Waals surface area contributed by atoms with E-state index in [9.17, 15) is 4.79 Å². The molecule has 1 amide bonds. The molecule has 5 rings (SSSR count). The van der Waals surface area contributed by atoms with Crippen LogP contribution in [0.4, 0.5) is 5.82 Å². The zero-order valence-corrected chi connectivity index (χ0v) is 17.1. The minimum Gasteiger partial charge on any atom is -0.369 e. The van der Waals surface area contributed by atoms with Crippen LogP contribution >= 0.6 is 0 Å². The van der Waals surface area contributed by atoms with Crippen molar-refractivity contribution < 1.29 is 9.53 Å². The predicted molar refractivity (Wildman–Crippen MR) is 108 cm³/mol. The van der Waals surface area contributed by atoms with Crippen molar-refractivity contribution in [3.8, 4) is 0 Å². The van der Waals surface area contributed by atoms with Crippen LogP contribution in [0, 0.1) is 17.3 Å². The van der Waals surface area contributed by atoms with Crippen LogP contribution in [0.3, 0.4) is 0 Å². The number of aromatic nitrogens is 1. The van der Waals surface area contributed by atoms with Gasteiger partial charge in [0.2, 0.25) is 5.91 Å². The highest BCUT2D eigenvalue weighted by Gasteiger charge is 2.63. The van der Waals surface area contributed by atoms with Crippen LogP contribution in [0.1, 0.15) is 32.6 Å². The Labute approximate surface area is 167 Å². The van der Waals surface area contributed by atoms with Gasteiger partial charge in [0.25, 0.3) is 0 Å². The van der Waals surface area contributed by atoms with Crippen molar-refractivity contribution in [2.45, 2.75) is 44.3 Å². The second-order valence-electron chi connectivity index (χ2n) is 9.67. The molecular weight excluding hydrogens is 352 g/mol. The molecule has 1 aromatic heterocycles. The van der Waals surface area contributed by atoms with E-state index in [0.29, 0.717) is 17.9 Å². The van der Waals surface area contributed by atoms with Gasteiger partial charge in [-0.25, -0.2) is 4.98 Å². The van der Waals surface area contributed by atoms with Crippen molar-refractivity contribution in [1.29, 1.82) is 0 Å². The molecule has 0 radical (unpaired) electrons. The number of hydrogen-bond donors (Lipinski definition) is 1. The van der Waals surface area contributed by atoms with E-state index >= 15 is 0 Å². The summed E-state index contributed by atoms with van der Waals surface area (Å²) in [5, 5.41) is 3.33. The molecule has 0 aromatic carbocycles. The number of carbonyl (C=O) groups excluding carboxylic acids is 1. The molecule has 4 saturated heterocycles. The summed E-state index contributed by atoms with van der Waals surface area (Å²) in [5.74, 6) is 2.18. The molecule has 6 nitrogen and oxygen atoms in total. The van der Waals surface area contributed by atoms with Gasteiger partial charge in [-0.15, -0.1) is 0 Å². The van der Waals surface area contributed by atoms with E-state index in [4.69, 9.17) is 4.74 Å². The average Bonchev–Trinajstić information content (AvgIpc) is 3.38. The number of anilines is 1. The highest BCUT2D eigenvalue weighted by Crippen LogP contribution is 2.55. The molecule has 5 heterocycles. The fourth-order valence-corrected chi connectivity index (χ4v) is 5.94. The fourth-order valence-electron chi connectivity index (χ4n) is 5.94. The van der Waals surface area contributed by atoms with Gasteiger partial charge in [-0.1, -0.05) is 13.0 Å².